The molecule has 1 heterocycles. The van der Waals surface area contributed by atoms with E-state index in [0.29, 0.717) is 5.56 Å². The minimum Gasteiger partial charge on any atom is -0.335 e. The number of amides is 2. The number of alkyl halides is 3. The van der Waals surface area contributed by atoms with Crippen LogP contribution in [-0.4, -0.2) is 47.8 Å². The average Bonchev–Trinajstić information content (AvgIpc) is 2.67. The molecule has 0 radical (unpaired) electrons. The van der Waals surface area contributed by atoms with Gasteiger partial charge in [0.2, 0.25) is 0 Å². The van der Waals surface area contributed by atoms with Crippen molar-refractivity contribution in [3.05, 3.63) is 69.7 Å². The molecule has 8 heteroatoms. The van der Waals surface area contributed by atoms with Crippen LogP contribution in [0.25, 0.3) is 0 Å². The molecule has 0 bridgehead atoms. The van der Waals surface area contributed by atoms with Crippen LogP contribution in [0.1, 0.15) is 26.3 Å². The summed E-state index contributed by atoms with van der Waals surface area (Å²) in [5, 5.41) is 0. The first kappa shape index (κ1) is 19.4. The zero-order valence-corrected chi connectivity index (χ0v) is 15.8. The number of nitrogens with zero attached hydrogens (tertiary/aromatic N) is 2. The number of hydrogen-bond donors (Lipinski definition) is 0. The lowest BCUT2D eigenvalue weighted by Crippen LogP contribution is -2.50. The van der Waals surface area contributed by atoms with Gasteiger partial charge in [0.15, 0.2) is 0 Å². The Kier molecular flexibility index (Phi) is 5.55. The van der Waals surface area contributed by atoms with Gasteiger partial charge in [-0.1, -0.05) is 28.1 Å². The number of benzene rings is 2. The Morgan fingerprint density at radius 2 is 1.33 bits per heavy atom. The van der Waals surface area contributed by atoms with Gasteiger partial charge in [-0.25, -0.2) is 0 Å². The Balaban J connectivity index is 1.68. The second kappa shape index (κ2) is 7.72. The van der Waals surface area contributed by atoms with Crippen molar-refractivity contribution in [2.45, 2.75) is 6.18 Å². The van der Waals surface area contributed by atoms with Crippen LogP contribution in [0.15, 0.2) is 53.0 Å². The van der Waals surface area contributed by atoms with E-state index in [2.05, 4.69) is 15.9 Å². The van der Waals surface area contributed by atoms with E-state index < -0.39 is 17.6 Å². The van der Waals surface area contributed by atoms with Crippen LogP contribution in [0.5, 0.6) is 0 Å². The van der Waals surface area contributed by atoms with Gasteiger partial charge in [0.05, 0.1) is 11.1 Å². The summed E-state index contributed by atoms with van der Waals surface area (Å²) in [5.41, 5.74) is -0.776. The van der Waals surface area contributed by atoms with E-state index in [9.17, 15) is 22.8 Å². The molecule has 2 aromatic carbocycles. The van der Waals surface area contributed by atoms with Gasteiger partial charge >= 0.3 is 6.18 Å². The van der Waals surface area contributed by atoms with Crippen molar-refractivity contribution in [3.63, 3.8) is 0 Å². The summed E-state index contributed by atoms with van der Waals surface area (Å²) in [5.74, 6) is -0.830. The molecule has 0 spiro atoms. The Morgan fingerprint density at radius 1 is 0.815 bits per heavy atom. The van der Waals surface area contributed by atoms with Crippen molar-refractivity contribution in [2.75, 3.05) is 26.2 Å². The fourth-order valence-corrected chi connectivity index (χ4v) is 3.24. The van der Waals surface area contributed by atoms with Crippen molar-refractivity contribution in [2.24, 2.45) is 0 Å². The third-order valence-corrected chi connectivity index (χ3v) is 4.94. The summed E-state index contributed by atoms with van der Waals surface area (Å²) >= 11 is 3.31. The second-order valence-corrected chi connectivity index (χ2v) is 7.05. The van der Waals surface area contributed by atoms with Crippen LogP contribution < -0.4 is 0 Å². The Labute approximate surface area is 162 Å². The molecule has 1 fully saturated rings. The third-order valence-electron chi connectivity index (χ3n) is 4.41. The van der Waals surface area contributed by atoms with Gasteiger partial charge in [0.1, 0.15) is 0 Å². The van der Waals surface area contributed by atoms with Gasteiger partial charge in [-0.3, -0.25) is 9.59 Å². The Bertz CT molecular complexity index is 845. The highest BCUT2D eigenvalue weighted by molar-refractivity contribution is 9.10. The molecule has 1 aliphatic heterocycles. The first-order chi connectivity index (χ1) is 12.8. The number of carbonyl (C=O) groups is 2. The number of piperazine rings is 1. The van der Waals surface area contributed by atoms with E-state index in [1.54, 1.807) is 29.2 Å². The maximum absolute atomic E-state index is 13.1. The Hall–Kier alpha value is -2.35. The van der Waals surface area contributed by atoms with E-state index >= 15 is 0 Å². The first-order valence-corrected chi connectivity index (χ1v) is 9.07. The van der Waals surface area contributed by atoms with Gasteiger partial charge in [-0.15, -0.1) is 0 Å². The van der Waals surface area contributed by atoms with Gasteiger partial charge in [0.25, 0.3) is 11.8 Å². The molecule has 0 saturated carbocycles. The summed E-state index contributed by atoms with van der Waals surface area (Å²) < 4.78 is 40.3. The minimum atomic E-state index is -4.59. The lowest BCUT2D eigenvalue weighted by atomic mass is 10.1. The summed E-state index contributed by atoms with van der Waals surface area (Å²) in [6.45, 7) is 0.921. The molecular weight excluding hydrogens is 425 g/mol. The molecule has 27 heavy (non-hydrogen) atoms. The molecule has 0 unspecified atom stereocenters. The lowest BCUT2D eigenvalue weighted by Gasteiger charge is -2.35. The van der Waals surface area contributed by atoms with Crippen LogP contribution in [0.3, 0.4) is 0 Å². The fraction of sp³-hybridized carbons (Fsp3) is 0.263. The molecule has 1 saturated heterocycles. The van der Waals surface area contributed by atoms with Gasteiger partial charge in [-0.2, -0.15) is 13.2 Å². The number of halogens is 4. The minimum absolute atomic E-state index is 0.162. The summed E-state index contributed by atoms with van der Waals surface area (Å²) in [4.78, 5) is 28.0. The highest BCUT2D eigenvalue weighted by atomic mass is 79.9. The van der Waals surface area contributed by atoms with E-state index in [-0.39, 0.29) is 37.6 Å². The van der Waals surface area contributed by atoms with Crippen LogP contribution in [0.2, 0.25) is 0 Å². The van der Waals surface area contributed by atoms with Crippen LogP contribution >= 0.6 is 15.9 Å². The first-order valence-electron chi connectivity index (χ1n) is 8.28. The highest BCUT2D eigenvalue weighted by Crippen LogP contribution is 2.32. The summed E-state index contributed by atoms with van der Waals surface area (Å²) in [6, 6.07) is 11.7. The normalized spacial score (nSPS) is 15.0. The predicted octanol–water partition coefficient (Wildman–Crippen LogP) is 4.07. The largest absolute Gasteiger partial charge is 0.417 e. The molecule has 0 aromatic heterocycles. The van der Waals surface area contributed by atoms with Crippen molar-refractivity contribution in [1.29, 1.82) is 0 Å². The Morgan fingerprint density at radius 3 is 1.89 bits per heavy atom. The maximum Gasteiger partial charge on any atom is 0.417 e. The van der Waals surface area contributed by atoms with Crippen molar-refractivity contribution in [1.82, 2.24) is 9.80 Å². The van der Waals surface area contributed by atoms with Crippen molar-refractivity contribution < 1.29 is 22.8 Å². The van der Waals surface area contributed by atoms with E-state index in [4.69, 9.17) is 0 Å². The van der Waals surface area contributed by atoms with Gasteiger partial charge in [0, 0.05) is 36.2 Å². The number of carbonyl (C=O) groups excluding carboxylic acids is 2. The van der Waals surface area contributed by atoms with Crippen LogP contribution in [0.4, 0.5) is 13.2 Å². The number of rotatable bonds is 2. The fourth-order valence-electron chi connectivity index (χ4n) is 2.97. The lowest BCUT2D eigenvalue weighted by molar-refractivity contribution is -0.138. The molecule has 3 rings (SSSR count). The van der Waals surface area contributed by atoms with Crippen molar-refractivity contribution in [3.8, 4) is 0 Å². The van der Waals surface area contributed by atoms with Crippen LogP contribution in [-0.2, 0) is 6.18 Å². The second-order valence-electron chi connectivity index (χ2n) is 6.13. The van der Waals surface area contributed by atoms with E-state index in [1.807, 2.05) is 0 Å². The number of hydrogen-bond acceptors (Lipinski definition) is 2. The molecule has 142 valence electrons. The molecule has 2 amide bonds. The quantitative estimate of drug-likeness (QED) is 0.706. The third kappa shape index (κ3) is 4.32. The topological polar surface area (TPSA) is 40.6 Å². The monoisotopic (exact) mass is 440 g/mol. The molecule has 1 aliphatic rings. The zero-order valence-electron chi connectivity index (χ0n) is 14.2. The molecule has 0 aliphatic carbocycles. The summed E-state index contributed by atoms with van der Waals surface area (Å²) in [7, 11) is 0. The average molecular weight is 441 g/mol. The molecule has 4 nitrogen and oxygen atoms in total. The zero-order chi connectivity index (χ0) is 19.6. The molecule has 0 atom stereocenters. The van der Waals surface area contributed by atoms with Gasteiger partial charge < -0.3 is 9.80 Å². The summed E-state index contributed by atoms with van der Waals surface area (Å²) in [6.07, 6.45) is -4.59. The van der Waals surface area contributed by atoms with Gasteiger partial charge in [-0.05, 0) is 36.4 Å². The van der Waals surface area contributed by atoms with Crippen LogP contribution in [0, 0.1) is 0 Å². The molecular formula is C19H16BrF3N2O2. The van der Waals surface area contributed by atoms with Crippen molar-refractivity contribution >= 4 is 27.7 Å². The maximum atomic E-state index is 13.1. The standard InChI is InChI=1S/C19H16BrF3N2O2/c20-14-7-5-13(6-8-14)17(26)24-9-11-25(12-10-24)18(27)15-3-1-2-4-16(15)19(21,22)23/h1-8H,9-12H2. The predicted molar refractivity (Wildman–Crippen MR) is 97.4 cm³/mol. The van der Waals surface area contributed by atoms with E-state index in [1.165, 1.54) is 23.1 Å². The SMILES string of the molecule is O=C(c1ccc(Br)cc1)N1CCN(C(=O)c2ccccc2C(F)(F)F)CC1. The smallest absolute Gasteiger partial charge is 0.335 e. The van der Waals surface area contributed by atoms with E-state index in [0.717, 1.165) is 10.5 Å². The highest BCUT2D eigenvalue weighted by Gasteiger charge is 2.36. The molecule has 2 aromatic rings. The molecule has 0 N–H and O–H groups in total.